The molecule has 0 aliphatic carbocycles. The number of rotatable bonds is 18. The Kier molecular flexibility index (Phi) is 12.8. The maximum absolute atomic E-state index is 12.7. The molecule has 0 radical (unpaired) electrons. The molecule has 1 aromatic carbocycles. The van der Waals surface area contributed by atoms with Gasteiger partial charge < -0.3 is 36.4 Å². The number of aromatic nitrogens is 3. The van der Waals surface area contributed by atoms with Gasteiger partial charge in [-0.3, -0.25) is 14.0 Å². The van der Waals surface area contributed by atoms with Crippen molar-refractivity contribution < 1.29 is 53.6 Å². The number of urea groups is 1. The molecule has 0 bridgehead atoms. The fourth-order valence-electron chi connectivity index (χ4n) is 3.70. The van der Waals surface area contributed by atoms with E-state index in [0.29, 0.717) is 12.1 Å². The fraction of sp³-hybridized carbons (Fsp3) is 0.440. The predicted octanol–water partition coefficient (Wildman–Crippen LogP) is 0.838. The number of benzene rings is 1. The monoisotopic (exact) mass is 594 g/mol. The number of hydrogen-bond acceptors (Lipinski definition) is 8. The van der Waals surface area contributed by atoms with Crippen molar-refractivity contribution in [2.75, 3.05) is 13.2 Å². The van der Waals surface area contributed by atoms with Crippen LogP contribution in [0.2, 0.25) is 0 Å². The quantitative estimate of drug-likeness (QED) is 0.119. The van der Waals surface area contributed by atoms with Crippen LogP contribution in [0.3, 0.4) is 0 Å². The van der Waals surface area contributed by atoms with Crippen LogP contribution in [-0.2, 0) is 20.8 Å². The van der Waals surface area contributed by atoms with Gasteiger partial charge in [-0.2, -0.15) is 0 Å². The molecule has 0 saturated carbocycles. The lowest BCUT2D eigenvalue weighted by Gasteiger charge is -2.18. The van der Waals surface area contributed by atoms with Crippen molar-refractivity contribution in [2.24, 2.45) is 0 Å². The zero-order chi connectivity index (χ0) is 31.2. The number of carboxylic acids is 4. The number of carboxylic acid groups (broad SMARTS) is 4. The van der Waals surface area contributed by atoms with E-state index in [1.165, 1.54) is 29.1 Å². The number of unbranched alkanes of at least 4 members (excludes halogenated alkanes) is 1. The number of carbonyl (C=O) groups is 6. The number of nitrogens with one attached hydrogen (secondary N) is 3. The maximum atomic E-state index is 12.7. The van der Waals surface area contributed by atoms with E-state index in [1.54, 1.807) is 0 Å². The molecule has 17 heteroatoms. The summed E-state index contributed by atoms with van der Waals surface area (Å²) < 4.78 is 13.7. The number of aromatic carboxylic acids is 1. The zero-order valence-corrected chi connectivity index (χ0v) is 22.3. The average molecular weight is 595 g/mol. The summed E-state index contributed by atoms with van der Waals surface area (Å²) in [5, 5.41) is 51.2. The Balaban J connectivity index is 1.92. The number of alkyl halides is 1. The van der Waals surface area contributed by atoms with Gasteiger partial charge in [0.05, 0.1) is 29.8 Å². The molecule has 1 aromatic heterocycles. The third-order valence-corrected chi connectivity index (χ3v) is 5.86. The van der Waals surface area contributed by atoms with E-state index >= 15 is 0 Å². The first-order valence-corrected chi connectivity index (χ1v) is 12.8. The van der Waals surface area contributed by atoms with Gasteiger partial charge in [-0.15, -0.1) is 5.10 Å². The fourth-order valence-corrected chi connectivity index (χ4v) is 3.70. The molecule has 2 atom stereocenters. The molecule has 228 valence electrons. The molecular formula is C25H31FN6O10. The highest BCUT2D eigenvalue weighted by Crippen LogP contribution is 2.15. The summed E-state index contributed by atoms with van der Waals surface area (Å²) in [6, 6.07) is -0.136. The van der Waals surface area contributed by atoms with E-state index in [0.717, 1.165) is 0 Å². The maximum Gasteiger partial charge on any atom is 0.335 e. The molecule has 0 aliphatic rings. The Morgan fingerprint density at radius 3 is 2.10 bits per heavy atom. The van der Waals surface area contributed by atoms with Crippen LogP contribution in [0.1, 0.15) is 64.9 Å². The van der Waals surface area contributed by atoms with Crippen molar-refractivity contribution in [1.82, 2.24) is 30.9 Å². The normalized spacial score (nSPS) is 12.1. The Bertz CT molecular complexity index is 1300. The van der Waals surface area contributed by atoms with Crippen LogP contribution in [0.5, 0.6) is 0 Å². The summed E-state index contributed by atoms with van der Waals surface area (Å²) in [5.74, 6) is -6.01. The van der Waals surface area contributed by atoms with Crippen LogP contribution in [0, 0.1) is 0 Å². The number of amides is 3. The summed E-state index contributed by atoms with van der Waals surface area (Å²) in [6.07, 6.45) is 1.61. The molecule has 0 spiro atoms. The van der Waals surface area contributed by atoms with Gasteiger partial charge in [0.15, 0.2) is 0 Å². The van der Waals surface area contributed by atoms with Gasteiger partial charge in [-0.1, -0.05) is 5.21 Å². The summed E-state index contributed by atoms with van der Waals surface area (Å²) in [6.45, 7) is -0.450. The molecule has 42 heavy (non-hydrogen) atoms. The van der Waals surface area contributed by atoms with Gasteiger partial charge in [0.2, 0.25) is 0 Å². The van der Waals surface area contributed by atoms with Crippen molar-refractivity contribution in [2.45, 2.75) is 57.0 Å². The standard InChI is InChI=1S/C25H31FN6O10/c26-8-3-4-16-13-32(31-30-16)17-11-14(10-15(12-17)22(36)37)21(35)27-9-2-1-5-18(23(38)39)28-25(42)29-19(24(40)41)6-7-20(33)34/h10-13,18-19H,1-9H2,(H,27,35)(H,33,34)(H,36,37)(H,38,39)(H,40,41)(H2,28,29,42)/t18?,19-/m0/s1. The highest BCUT2D eigenvalue weighted by atomic mass is 19.1. The molecule has 7 N–H and O–H groups in total. The van der Waals surface area contributed by atoms with Crippen LogP contribution in [0.25, 0.3) is 5.69 Å². The minimum Gasteiger partial charge on any atom is -0.481 e. The Morgan fingerprint density at radius 2 is 1.50 bits per heavy atom. The SMILES string of the molecule is O=C(O)CC[C@H](NC(=O)NC(CCCCNC(=O)c1cc(C(=O)O)cc(-n2cc(CCCF)nn2)c1)C(=O)O)C(=O)O. The second kappa shape index (κ2) is 16.2. The van der Waals surface area contributed by atoms with Crippen LogP contribution >= 0.6 is 0 Å². The minimum absolute atomic E-state index is 0.0170. The van der Waals surface area contributed by atoms with Crippen molar-refractivity contribution in [3.05, 3.63) is 41.2 Å². The smallest absolute Gasteiger partial charge is 0.335 e. The van der Waals surface area contributed by atoms with E-state index in [1.807, 2.05) is 5.32 Å². The highest BCUT2D eigenvalue weighted by molar-refractivity contribution is 5.98. The number of nitrogens with zero attached hydrogens (tertiary/aromatic N) is 3. The van der Waals surface area contributed by atoms with Crippen LogP contribution in [0.15, 0.2) is 24.4 Å². The average Bonchev–Trinajstić information content (AvgIpc) is 3.41. The van der Waals surface area contributed by atoms with Crippen molar-refractivity contribution in [3.8, 4) is 5.69 Å². The van der Waals surface area contributed by atoms with Gasteiger partial charge in [0.1, 0.15) is 12.1 Å². The summed E-state index contributed by atoms with van der Waals surface area (Å²) in [7, 11) is 0. The van der Waals surface area contributed by atoms with Gasteiger partial charge in [0.25, 0.3) is 5.91 Å². The number of carbonyl (C=O) groups excluding carboxylic acids is 2. The van der Waals surface area contributed by atoms with Gasteiger partial charge in [0, 0.05) is 18.5 Å². The summed E-state index contributed by atoms with van der Waals surface area (Å²) in [4.78, 5) is 69.8. The molecule has 0 fully saturated rings. The summed E-state index contributed by atoms with van der Waals surface area (Å²) in [5.41, 5.74) is 0.579. The molecule has 1 unspecified atom stereocenters. The lowest BCUT2D eigenvalue weighted by atomic mass is 10.1. The second-order valence-electron chi connectivity index (χ2n) is 9.10. The minimum atomic E-state index is -1.53. The number of aliphatic carboxylic acids is 3. The zero-order valence-electron chi connectivity index (χ0n) is 22.3. The molecule has 2 rings (SSSR count). The number of halogens is 1. The van der Waals surface area contributed by atoms with E-state index in [2.05, 4.69) is 20.9 Å². The number of aryl methyl sites for hydroxylation is 1. The third-order valence-electron chi connectivity index (χ3n) is 5.86. The van der Waals surface area contributed by atoms with Crippen LogP contribution in [-0.4, -0.2) is 96.5 Å². The van der Waals surface area contributed by atoms with Gasteiger partial charge in [-0.05, 0) is 56.7 Å². The van der Waals surface area contributed by atoms with E-state index in [9.17, 15) is 43.4 Å². The third kappa shape index (κ3) is 10.8. The molecule has 0 saturated heterocycles. The van der Waals surface area contributed by atoms with E-state index < -0.39 is 67.4 Å². The van der Waals surface area contributed by atoms with E-state index in [-0.39, 0.29) is 49.0 Å². The topological polar surface area (TPSA) is 250 Å². The predicted molar refractivity (Wildman–Crippen MR) is 140 cm³/mol. The van der Waals surface area contributed by atoms with Crippen molar-refractivity contribution >= 4 is 35.8 Å². The highest BCUT2D eigenvalue weighted by Gasteiger charge is 2.25. The van der Waals surface area contributed by atoms with Crippen LogP contribution in [0.4, 0.5) is 9.18 Å². The summed E-state index contributed by atoms with van der Waals surface area (Å²) >= 11 is 0. The van der Waals surface area contributed by atoms with Gasteiger partial charge >= 0.3 is 29.9 Å². The molecule has 16 nitrogen and oxygen atoms in total. The number of hydrogen-bond donors (Lipinski definition) is 7. The Morgan fingerprint density at radius 1 is 0.857 bits per heavy atom. The molecule has 0 aliphatic heterocycles. The first kappa shape index (κ1) is 33.1. The Labute approximate surface area is 237 Å². The Hall–Kier alpha value is -5.09. The van der Waals surface area contributed by atoms with Crippen molar-refractivity contribution in [1.29, 1.82) is 0 Å². The lowest BCUT2D eigenvalue weighted by Crippen LogP contribution is -2.51. The second-order valence-corrected chi connectivity index (χ2v) is 9.10. The molecule has 3 amide bonds. The van der Waals surface area contributed by atoms with E-state index in [4.69, 9.17) is 10.2 Å². The molecule has 2 aromatic rings. The van der Waals surface area contributed by atoms with Crippen LogP contribution < -0.4 is 16.0 Å². The van der Waals surface area contributed by atoms with Gasteiger partial charge in [-0.25, -0.2) is 23.9 Å². The molecular weight excluding hydrogens is 563 g/mol. The first-order valence-electron chi connectivity index (χ1n) is 12.8. The lowest BCUT2D eigenvalue weighted by molar-refractivity contribution is -0.140. The molecule has 1 heterocycles. The van der Waals surface area contributed by atoms with Crippen molar-refractivity contribution in [3.63, 3.8) is 0 Å². The largest absolute Gasteiger partial charge is 0.481 e. The first-order chi connectivity index (χ1) is 19.9.